The van der Waals surface area contributed by atoms with Gasteiger partial charge in [-0.1, -0.05) is 0 Å². The molecule has 0 aliphatic heterocycles. The Morgan fingerprint density at radius 1 is 1.56 bits per heavy atom. The molecule has 0 spiro atoms. The second-order valence-electron chi connectivity index (χ2n) is 3.35. The molecule has 1 aromatic rings. The van der Waals surface area contributed by atoms with Crippen LogP contribution in [0, 0.1) is 10.1 Å². The highest BCUT2D eigenvalue weighted by molar-refractivity contribution is 5.73. The molecular weight excluding hydrogens is 244 g/mol. The van der Waals surface area contributed by atoms with E-state index in [1.54, 1.807) is 0 Å². The Labute approximate surface area is 102 Å². The van der Waals surface area contributed by atoms with Crippen molar-refractivity contribution in [3.05, 3.63) is 28.3 Å². The van der Waals surface area contributed by atoms with Crippen LogP contribution in [0.5, 0.6) is 11.5 Å². The number of carbonyl (C=O) groups is 1. The van der Waals surface area contributed by atoms with E-state index in [9.17, 15) is 14.9 Å². The number of benzene rings is 1. The van der Waals surface area contributed by atoms with Crippen LogP contribution >= 0.6 is 0 Å². The minimum absolute atomic E-state index is 0.141. The lowest BCUT2D eigenvalue weighted by Gasteiger charge is -2.12. The van der Waals surface area contributed by atoms with Crippen molar-refractivity contribution >= 4 is 11.7 Å². The summed E-state index contributed by atoms with van der Waals surface area (Å²) in [6, 6.07) is 2.56. The van der Waals surface area contributed by atoms with Crippen LogP contribution in [-0.4, -0.2) is 35.8 Å². The molecule has 0 amide bonds. The summed E-state index contributed by atoms with van der Waals surface area (Å²) in [5.74, 6) is -0.863. The highest BCUT2D eigenvalue weighted by Gasteiger charge is 2.16. The normalized spacial score (nSPS) is 11.7. The lowest BCUT2D eigenvalue weighted by molar-refractivity contribution is -0.385. The van der Waals surface area contributed by atoms with E-state index in [1.807, 2.05) is 0 Å². The maximum absolute atomic E-state index is 10.5. The third-order valence-corrected chi connectivity index (χ3v) is 2.09. The van der Waals surface area contributed by atoms with Gasteiger partial charge in [0.1, 0.15) is 12.6 Å². The average molecular weight is 256 g/mol. The van der Waals surface area contributed by atoms with Crippen LogP contribution in [0.4, 0.5) is 5.69 Å². The van der Waals surface area contributed by atoms with Gasteiger partial charge in [-0.05, 0) is 6.07 Å². The fourth-order valence-electron chi connectivity index (χ4n) is 1.14. The number of carboxylic acid groups (broad SMARTS) is 1. The highest BCUT2D eigenvalue weighted by atomic mass is 16.6. The third-order valence-electron chi connectivity index (χ3n) is 2.09. The number of aliphatic carboxylic acids is 1. The van der Waals surface area contributed by atoms with Crippen LogP contribution in [-0.2, 0) is 4.79 Å². The van der Waals surface area contributed by atoms with Crippen molar-refractivity contribution in [1.82, 2.24) is 0 Å². The second-order valence-corrected chi connectivity index (χ2v) is 3.35. The molecule has 98 valence electrons. The van der Waals surface area contributed by atoms with Crippen molar-refractivity contribution in [1.29, 1.82) is 0 Å². The van der Waals surface area contributed by atoms with Gasteiger partial charge in [0.05, 0.1) is 18.1 Å². The van der Waals surface area contributed by atoms with Crippen LogP contribution in [0.1, 0.15) is 0 Å². The Morgan fingerprint density at radius 2 is 2.22 bits per heavy atom. The lowest BCUT2D eigenvalue weighted by Crippen LogP contribution is -2.36. The SMILES string of the molecule is COc1cc([N+](=O)[O-])ccc1OCC(N)C(=O)O. The zero-order chi connectivity index (χ0) is 13.7. The summed E-state index contributed by atoms with van der Waals surface area (Å²) < 4.78 is 10.0. The Bertz CT molecular complexity index is 462. The first-order chi connectivity index (χ1) is 8.45. The van der Waals surface area contributed by atoms with Crippen molar-refractivity contribution in [2.45, 2.75) is 6.04 Å². The third kappa shape index (κ3) is 3.32. The average Bonchev–Trinajstić information content (AvgIpc) is 2.35. The van der Waals surface area contributed by atoms with Gasteiger partial charge in [0.25, 0.3) is 5.69 Å². The molecule has 1 unspecified atom stereocenters. The second kappa shape index (κ2) is 5.82. The van der Waals surface area contributed by atoms with Crippen molar-refractivity contribution < 1.29 is 24.3 Å². The number of rotatable bonds is 6. The van der Waals surface area contributed by atoms with E-state index in [-0.39, 0.29) is 23.8 Å². The van der Waals surface area contributed by atoms with Gasteiger partial charge in [-0.25, -0.2) is 0 Å². The minimum atomic E-state index is -1.20. The number of methoxy groups -OCH3 is 1. The standard InChI is InChI=1S/C10H12N2O6/c1-17-9-4-6(12(15)16)2-3-8(9)18-5-7(11)10(13)14/h2-4,7H,5,11H2,1H3,(H,13,14). The lowest BCUT2D eigenvalue weighted by atomic mass is 10.2. The molecule has 18 heavy (non-hydrogen) atoms. The van der Waals surface area contributed by atoms with E-state index in [1.165, 1.54) is 25.3 Å². The molecule has 0 aromatic heterocycles. The highest BCUT2D eigenvalue weighted by Crippen LogP contribution is 2.31. The van der Waals surface area contributed by atoms with Gasteiger partial charge in [-0.2, -0.15) is 0 Å². The number of nitrogens with zero attached hydrogens (tertiary/aromatic N) is 1. The molecule has 3 N–H and O–H groups in total. The predicted octanol–water partition coefficient (Wildman–Crippen LogP) is 0.394. The monoisotopic (exact) mass is 256 g/mol. The van der Waals surface area contributed by atoms with Gasteiger partial charge in [0.2, 0.25) is 0 Å². The molecule has 0 radical (unpaired) electrons. The summed E-state index contributed by atoms with van der Waals surface area (Å²) in [6.07, 6.45) is 0. The number of non-ortho nitro benzene ring substituents is 1. The smallest absolute Gasteiger partial charge is 0.324 e. The van der Waals surface area contributed by atoms with Gasteiger partial charge >= 0.3 is 5.97 Å². The predicted molar refractivity (Wildman–Crippen MR) is 60.8 cm³/mol. The Morgan fingerprint density at radius 3 is 2.72 bits per heavy atom. The summed E-state index contributed by atoms with van der Waals surface area (Å²) >= 11 is 0. The topological polar surface area (TPSA) is 125 Å². The van der Waals surface area contributed by atoms with E-state index in [4.69, 9.17) is 20.3 Å². The van der Waals surface area contributed by atoms with E-state index in [0.29, 0.717) is 0 Å². The number of hydrogen-bond donors (Lipinski definition) is 2. The molecule has 1 aromatic carbocycles. The number of nitro benzene ring substituents is 1. The van der Waals surface area contributed by atoms with Crippen LogP contribution in [0.25, 0.3) is 0 Å². The van der Waals surface area contributed by atoms with Crippen LogP contribution in [0.2, 0.25) is 0 Å². The molecule has 0 fully saturated rings. The molecule has 0 heterocycles. The molecule has 0 aliphatic carbocycles. The molecule has 0 saturated heterocycles. The summed E-state index contributed by atoms with van der Waals surface area (Å²) in [6.45, 7) is -0.260. The first kappa shape index (κ1) is 13.7. The zero-order valence-electron chi connectivity index (χ0n) is 9.53. The molecule has 8 nitrogen and oxygen atoms in total. The van der Waals surface area contributed by atoms with Crippen LogP contribution < -0.4 is 15.2 Å². The Kier molecular flexibility index (Phi) is 4.44. The van der Waals surface area contributed by atoms with Crippen molar-refractivity contribution in [2.75, 3.05) is 13.7 Å². The van der Waals surface area contributed by atoms with Gasteiger partial charge in [0, 0.05) is 6.07 Å². The zero-order valence-corrected chi connectivity index (χ0v) is 9.53. The van der Waals surface area contributed by atoms with E-state index in [0.717, 1.165) is 0 Å². The van der Waals surface area contributed by atoms with Crippen molar-refractivity contribution in [3.63, 3.8) is 0 Å². The number of ether oxygens (including phenoxy) is 2. The van der Waals surface area contributed by atoms with Gasteiger partial charge in [-0.3, -0.25) is 14.9 Å². The van der Waals surface area contributed by atoms with Crippen LogP contribution in [0.3, 0.4) is 0 Å². The van der Waals surface area contributed by atoms with Gasteiger partial charge in [0.15, 0.2) is 11.5 Å². The Balaban J connectivity index is 2.83. The first-order valence-corrected chi connectivity index (χ1v) is 4.89. The Hall–Kier alpha value is -2.35. The molecule has 1 rings (SSSR count). The summed E-state index contributed by atoms with van der Waals surface area (Å²) in [5, 5.41) is 19.1. The van der Waals surface area contributed by atoms with Crippen molar-refractivity contribution in [2.24, 2.45) is 5.73 Å². The first-order valence-electron chi connectivity index (χ1n) is 4.89. The molecular formula is C10H12N2O6. The summed E-state index contributed by atoms with van der Waals surface area (Å²) in [7, 11) is 1.32. The fraction of sp³-hybridized carbons (Fsp3) is 0.300. The van der Waals surface area contributed by atoms with E-state index >= 15 is 0 Å². The fourth-order valence-corrected chi connectivity index (χ4v) is 1.14. The summed E-state index contributed by atoms with van der Waals surface area (Å²) in [5.41, 5.74) is 5.11. The van der Waals surface area contributed by atoms with E-state index < -0.39 is 16.9 Å². The molecule has 8 heteroatoms. The number of nitro groups is 1. The molecule has 1 atom stereocenters. The molecule has 0 saturated carbocycles. The quantitative estimate of drug-likeness (QED) is 0.557. The maximum Gasteiger partial charge on any atom is 0.324 e. The van der Waals surface area contributed by atoms with Crippen molar-refractivity contribution in [3.8, 4) is 11.5 Å². The number of carboxylic acids is 1. The molecule has 0 aliphatic rings. The largest absolute Gasteiger partial charge is 0.493 e. The maximum atomic E-state index is 10.5. The minimum Gasteiger partial charge on any atom is -0.493 e. The summed E-state index contributed by atoms with van der Waals surface area (Å²) in [4.78, 5) is 20.5. The molecule has 0 bridgehead atoms. The van der Waals surface area contributed by atoms with Crippen LogP contribution in [0.15, 0.2) is 18.2 Å². The van der Waals surface area contributed by atoms with Gasteiger partial charge in [-0.15, -0.1) is 0 Å². The van der Waals surface area contributed by atoms with Gasteiger partial charge < -0.3 is 20.3 Å². The number of hydrogen-bond acceptors (Lipinski definition) is 6. The van der Waals surface area contributed by atoms with E-state index in [2.05, 4.69) is 0 Å². The number of nitrogens with two attached hydrogens (primary N) is 1.